The molecular formula is C11H18O4. The molecule has 2 fully saturated rings. The highest BCUT2D eigenvalue weighted by Gasteiger charge is 2.43. The van der Waals surface area contributed by atoms with Gasteiger partial charge < -0.3 is 14.9 Å². The van der Waals surface area contributed by atoms with E-state index in [1.807, 2.05) is 0 Å². The minimum atomic E-state index is -0.935. The Balaban J connectivity index is 0.000000167. The minimum absolute atomic E-state index is 0.176. The Morgan fingerprint density at radius 1 is 1.47 bits per heavy atom. The number of hydrogen-bond acceptors (Lipinski definition) is 3. The summed E-state index contributed by atoms with van der Waals surface area (Å²) in [6.45, 7) is 4.96. The first kappa shape index (κ1) is 12.2. The van der Waals surface area contributed by atoms with Gasteiger partial charge >= 0.3 is 5.97 Å². The van der Waals surface area contributed by atoms with Crippen LogP contribution in [0.4, 0.5) is 0 Å². The minimum Gasteiger partial charge on any atom is -0.478 e. The Morgan fingerprint density at radius 2 is 2.07 bits per heavy atom. The van der Waals surface area contributed by atoms with Gasteiger partial charge in [-0.25, -0.2) is 4.79 Å². The van der Waals surface area contributed by atoms with Gasteiger partial charge in [-0.3, -0.25) is 0 Å². The van der Waals surface area contributed by atoms with Crippen LogP contribution in [0.3, 0.4) is 0 Å². The van der Waals surface area contributed by atoms with Crippen LogP contribution < -0.4 is 0 Å². The summed E-state index contributed by atoms with van der Waals surface area (Å²) in [5, 5.41) is 16.7. The molecule has 2 N–H and O–H groups in total. The largest absolute Gasteiger partial charge is 0.478 e. The average Bonchev–Trinajstić information content (AvgIpc) is 2.95. The lowest BCUT2D eigenvalue weighted by Crippen LogP contribution is -2.16. The van der Waals surface area contributed by atoms with E-state index in [4.69, 9.17) is 14.9 Å². The Labute approximate surface area is 89.6 Å². The van der Waals surface area contributed by atoms with Crippen LogP contribution >= 0.6 is 0 Å². The van der Waals surface area contributed by atoms with Crippen LogP contribution in [0.2, 0.25) is 0 Å². The van der Waals surface area contributed by atoms with Crippen LogP contribution in [-0.2, 0) is 9.53 Å². The summed E-state index contributed by atoms with van der Waals surface area (Å²) in [4.78, 5) is 9.60. The average molecular weight is 214 g/mol. The number of carbonyl (C=O) groups is 1. The molecule has 1 heterocycles. The number of carboxylic acid groups (broad SMARTS) is 1. The van der Waals surface area contributed by atoms with Gasteiger partial charge in [0.2, 0.25) is 0 Å². The van der Waals surface area contributed by atoms with Gasteiger partial charge in [0.1, 0.15) is 0 Å². The van der Waals surface area contributed by atoms with E-state index in [0.29, 0.717) is 24.7 Å². The number of carboxylic acids is 1. The predicted octanol–water partition coefficient (Wildman–Crippen LogP) is 1.19. The zero-order valence-corrected chi connectivity index (χ0v) is 8.98. The van der Waals surface area contributed by atoms with Gasteiger partial charge in [0.15, 0.2) is 0 Å². The molecule has 3 unspecified atom stereocenters. The summed E-state index contributed by atoms with van der Waals surface area (Å²) in [6.07, 6.45) is 4.54. The summed E-state index contributed by atoms with van der Waals surface area (Å²) in [6, 6.07) is 0. The number of epoxide rings is 1. The molecule has 1 saturated heterocycles. The van der Waals surface area contributed by atoms with Crippen molar-refractivity contribution >= 4 is 5.97 Å². The van der Waals surface area contributed by atoms with Crippen LogP contribution in [-0.4, -0.2) is 35.0 Å². The molecule has 0 aromatic rings. The lowest BCUT2D eigenvalue weighted by Gasteiger charge is -2.14. The molecule has 4 nitrogen and oxygen atoms in total. The molecular weight excluding hydrogens is 196 g/mol. The van der Waals surface area contributed by atoms with Crippen molar-refractivity contribution in [2.24, 2.45) is 5.92 Å². The van der Waals surface area contributed by atoms with E-state index in [2.05, 4.69) is 6.58 Å². The Bertz CT molecular complexity index is 237. The fraction of sp³-hybridized carbons (Fsp3) is 0.727. The molecule has 0 spiro atoms. The predicted molar refractivity (Wildman–Crippen MR) is 55.5 cm³/mol. The van der Waals surface area contributed by atoms with Crippen LogP contribution in [0, 0.1) is 5.92 Å². The molecule has 4 heteroatoms. The summed E-state index contributed by atoms with van der Waals surface area (Å²) in [7, 11) is 0. The smallest absolute Gasteiger partial charge is 0.330 e. The monoisotopic (exact) mass is 214 g/mol. The topological polar surface area (TPSA) is 70.1 Å². The third-order valence-corrected chi connectivity index (χ3v) is 2.74. The first-order chi connectivity index (χ1) is 7.04. The van der Waals surface area contributed by atoms with E-state index >= 15 is 0 Å². The van der Waals surface area contributed by atoms with Crippen LogP contribution in [0.15, 0.2) is 12.2 Å². The van der Waals surface area contributed by atoms with Crippen molar-refractivity contribution in [1.82, 2.24) is 0 Å². The molecule has 3 atom stereocenters. The molecule has 0 amide bonds. The Hall–Kier alpha value is -0.870. The number of rotatable bonds is 2. The number of aliphatic hydroxyl groups is 1. The SMILES string of the molecule is C=C(C)C(=O)O.OCC1CCC2OC2C1. The molecule has 1 aliphatic carbocycles. The van der Waals surface area contributed by atoms with Crippen molar-refractivity contribution in [3.8, 4) is 0 Å². The second-order valence-corrected chi connectivity index (χ2v) is 4.16. The van der Waals surface area contributed by atoms with E-state index in [1.54, 1.807) is 0 Å². The highest BCUT2D eigenvalue weighted by Crippen LogP contribution is 2.38. The van der Waals surface area contributed by atoms with E-state index in [-0.39, 0.29) is 5.57 Å². The van der Waals surface area contributed by atoms with E-state index in [9.17, 15) is 4.79 Å². The van der Waals surface area contributed by atoms with Crippen molar-refractivity contribution in [3.63, 3.8) is 0 Å². The lowest BCUT2D eigenvalue weighted by atomic mass is 9.90. The molecule has 86 valence electrons. The van der Waals surface area contributed by atoms with Crippen LogP contribution in [0.1, 0.15) is 26.2 Å². The third-order valence-electron chi connectivity index (χ3n) is 2.74. The maximum atomic E-state index is 9.60. The molecule has 1 aliphatic heterocycles. The second-order valence-electron chi connectivity index (χ2n) is 4.16. The summed E-state index contributed by atoms with van der Waals surface area (Å²) in [5.74, 6) is -0.399. The van der Waals surface area contributed by atoms with E-state index in [1.165, 1.54) is 13.3 Å². The van der Waals surface area contributed by atoms with Crippen molar-refractivity contribution in [2.75, 3.05) is 6.61 Å². The molecule has 0 aromatic carbocycles. The highest BCUT2D eigenvalue weighted by atomic mass is 16.6. The Morgan fingerprint density at radius 3 is 2.47 bits per heavy atom. The number of ether oxygens (including phenoxy) is 1. The molecule has 2 rings (SSSR count). The molecule has 0 radical (unpaired) electrons. The van der Waals surface area contributed by atoms with Crippen molar-refractivity contribution in [2.45, 2.75) is 38.4 Å². The Kier molecular flexibility index (Phi) is 4.29. The van der Waals surface area contributed by atoms with Gasteiger partial charge in [-0.05, 0) is 32.1 Å². The van der Waals surface area contributed by atoms with Gasteiger partial charge in [0.05, 0.1) is 12.2 Å². The summed E-state index contributed by atoms with van der Waals surface area (Å²) < 4.78 is 5.30. The fourth-order valence-corrected chi connectivity index (χ4v) is 1.65. The van der Waals surface area contributed by atoms with Crippen molar-refractivity contribution < 1.29 is 19.7 Å². The zero-order chi connectivity index (χ0) is 11.4. The first-order valence-electron chi connectivity index (χ1n) is 5.19. The van der Waals surface area contributed by atoms with Gasteiger partial charge in [-0.15, -0.1) is 0 Å². The summed E-state index contributed by atoms with van der Waals surface area (Å²) >= 11 is 0. The van der Waals surface area contributed by atoms with E-state index in [0.717, 1.165) is 12.8 Å². The highest BCUT2D eigenvalue weighted by molar-refractivity contribution is 5.84. The van der Waals surface area contributed by atoms with Gasteiger partial charge in [0, 0.05) is 12.2 Å². The van der Waals surface area contributed by atoms with Crippen LogP contribution in [0.5, 0.6) is 0 Å². The molecule has 15 heavy (non-hydrogen) atoms. The second kappa shape index (κ2) is 5.28. The number of aliphatic hydroxyl groups excluding tert-OH is 1. The van der Waals surface area contributed by atoms with E-state index < -0.39 is 5.97 Å². The van der Waals surface area contributed by atoms with Crippen molar-refractivity contribution in [1.29, 1.82) is 0 Å². The zero-order valence-electron chi connectivity index (χ0n) is 8.98. The van der Waals surface area contributed by atoms with Crippen LogP contribution in [0.25, 0.3) is 0 Å². The number of aliphatic carboxylic acids is 1. The van der Waals surface area contributed by atoms with Gasteiger partial charge in [0.25, 0.3) is 0 Å². The van der Waals surface area contributed by atoms with Gasteiger partial charge in [-0.1, -0.05) is 6.58 Å². The van der Waals surface area contributed by atoms with Crippen molar-refractivity contribution in [3.05, 3.63) is 12.2 Å². The molecule has 2 aliphatic rings. The van der Waals surface area contributed by atoms with Gasteiger partial charge in [-0.2, -0.15) is 0 Å². The number of fused-ring (bicyclic) bond motifs is 1. The fourth-order valence-electron chi connectivity index (χ4n) is 1.65. The molecule has 1 saturated carbocycles. The molecule has 0 aromatic heterocycles. The standard InChI is InChI=1S/C7H12O2.C4H6O2/c8-4-5-1-2-6-7(3-5)9-6;1-3(2)4(5)6/h5-8H,1-4H2;1H2,2H3,(H,5,6). The third kappa shape index (κ3) is 4.01. The molecule has 0 bridgehead atoms. The lowest BCUT2D eigenvalue weighted by molar-refractivity contribution is -0.132. The first-order valence-corrected chi connectivity index (χ1v) is 5.19. The number of hydrogen-bond donors (Lipinski definition) is 2. The quantitative estimate of drug-likeness (QED) is 0.535. The summed E-state index contributed by atoms with van der Waals surface area (Å²) in [5.41, 5.74) is 0.176. The normalized spacial score (nSPS) is 32.0. The maximum absolute atomic E-state index is 9.60. The maximum Gasteiger partial charge on any atom is 0.330 e.